The van der Waals surface area contributed by atoms with Gasteiger partial charge in [-0.1, -0.05) is 32.4 Å². The predicted octanol–water partition coefficient (Wildman–Crippen LogP) is 4.08. The maximum absolute atomic E-state index is 5.65. The lowest BCUT2D eigenvalue weighted by Crippen LogP contribution is -2.30. The highest BCUT2D eigenvalue weighted by atomic mass is 16.5. The molecule has 1 aliphatic carbocycles. The van der Waals surface area contributed by atoms with E-state index in [0.717, 1.165) is 11.4 Å². The van der Waals surface area contributed by atoms with Crippen molar-refractivity contribution in [2.75, 3.05) is 11.9 Å². The van der Waals surface area contributed by atoms with Gasteiger partial charge >= 0.3 is 0 Å². The average Bonchev–Trinajstić information content (AvgIpc) is 2.61. The summed E-state index contributed by atoms with van der Waals surface area (Å²) in [6.07, 6.45) is 3.89. The Hall–Kier alpha value is -1.18. The van der Waals surface area contributed by atoms with E-state index < -0.39 is 0 Å². The van der Waals surface area contributed by atoms with Crippen LogP contribution in [0, 0.1) is 5.41 Å². The molecular weight excluding hydrogens is 210 g/mol. The van der Waals surface area contributed by atoms with Crippen molar-refractivity contribution in [1.82, 2.24) is 0 Å². The van der Waals surface area contributed by atoms with Gasteiger partial charge in [0.05, 0.1) is 12.3 Å². The van der Waals surface area contributed by atoms with E-state index in [2.05, 4.69) is 31.3 Å². The van der Waals surface area contributed by atoms with Crippen LogP contribution >= 0.6 is 0 Å². The van der Waals surface area contributed by atoms with Gasteiger partial charge in [-0.15, -0.1) is 0 Å². The molecule has 0 amide bonds. The van der Waals surface area contributed by atoms with Gasteiger partial charge in [0, 0.05) is 6.04 Å². The fourth-order valence-corrected chi connectivity index (χ4v) is 2.65. The second-order valence-corrected chi connectivity index (χ2v) is 5.51. The molecule has 2 rings (SSSR count). The molecule has 0 saturated heterocycles. The highest BCUT2D eigenvalue weighted by Gasteiger charge is 2.34. The van der Waals surface area contributed by atoms with Gasteiger partial charge in [0.15, 0.2) is 0 Å². The molecule has 1 aromatic rings. The summed E-state index contributed by atoms with van der Waals surface area (Å²) in [6, 6.07) is 8.79. The number of rotatable bonds is 4. The minimum atomic E-state index is 0.388. The lowest BCUT2D eigenvalue weighted by Gasteiger charge is -2.29. The molecule has 1 N–H and O–H groups in total. The third kappa shape index (κ3) is 2.74. The second-order valence-electron chi connectivity index (χ2n) is 5.51. The lowest BCUT2D eigenvalue weighted by atomic mass is 9.87. The molecule has 0 aromatic heterocycles. The van der Waals surface area contributed by atoms with Gasteiger partial charge in [-0.3, -0.25) is 0 Å². The van der Waals surface area contributed by atoms with Gasteiger partial charge in [-0.25, -0.2) is 0 Å². The minimum Gasteiger partial charge on any atom is -0.492 e. The molecule has 1 aromatic carbocycles. The first kappa shape index (κ1) is 12.3. The van der Waals surface area contributed by atoms with Crippen LogP contribution in [0.25, 0.3) is 0 Å². The topological polar surface area (TPSA) is 21.3 Å². The molecule has 94 valence electrons. The van der Waals surface area contributed by atoms with Crippen LogP contribution in [0.4, 0.5) is 5.69 Å². The van der Waals surface area contributed by atoms with Crippen molar-refractivity contribution in [3.8, 4) is 5.75 Å². The van der Waals surface area contributed by atoms with Crippen molar-refractivity contribution in [2.24, 2.45) is 5.41 Å². The highest BCUT2D eigenvalue weighted by molar-refractivity contribution is 5.57. The standard InChI is InChI=1S/C15H23NO/c1-4-17-13-9-6-5-8-12(13)16-14-10-7-11-15(14,2)3/h5-6,8-9,14,16H,4,7,10-11H2,1-3H3. The first-order chi connectivity index (χ1) is 8.13. The number of anilines is 1. The van der Waals surface area contributed by atoms with Gasteiger partial charge in [-0.05, 0) is 37.3 Å². The summed E-state index contributed by atoms with van der Waals surface area (Å²) in [7, 11) is 0. The van der Waals surface area contributed by atoms with Gasteiger partial charge in [0.2, 0.25) is 0 Å². The lowest BCUT2D eigenvalue weighted by molar-refractivity contribution is 0.334. The Labute approximate surface area is 104 Å². The van der Waals surface area contributed by atoms with E-state index in [4.69, 9.17) is 4.74 Å². The van der Waals surface area contributed by atoms with Gasteiger partial charge in [0.25, 0.3) is 0 Å². The SMILES string of the molecule is CCOc1ccccc1NC1CCCC1(C)C. The number of benzene rings is 1. The molecule has 0 aliphatic heterocycles. The minimum absolute atomic E-state index is 0.388. The van der Waals surface area contributed by atoms with E-state index in [1.807, 2.05) is 19.1 Å². The smallest absolute Gasteiger partial charge is 0.142 e. The zero-order chi connectivity index (χ0) is 12.3. The molecule has 0 spiro atoms. The summed E-state index contributed by atoms with van der Waals surface area (Å²) in [5.74, 6) is 0.970. The van der Waals surface area contributed by atoms with E-state index in [1.54, 1.807) is 0 Å². The second kappa shape index (κ2) is 4.99. The highest BCUT2D eigenvalue weighted by Crippen LogP contribution is 2.40. The van der Waals surface area contributed by atoms with Crippen LogP contribution < -0.4 is 10.1 Å². The molecule has 1 unspecified atom stereocenters. The van der Waals surface area contributed by atoms with Crippen LogP contribution in [-0.2, 0) is 0 Å². The van der Waals surface area contributed by atoms with Crippen LogP contribution in [0.5, 0.6) is 5.75 Å². The summed E-state index contributed by atoms with van der Waals surface area (Å²) in [5.41, 5.74) is 1.52. The number of para-hydroxylation sites is 2. The molecule has 1 aliphatic rings. The van der Waals surface area contributed by atoms with Crippen LogP contribution in [0.15, 0.2) is 24.3 Å². The van der Waals surface area contributed by atoms with Crippen molar-refractivity contribution < 1.29 is 4.74 Å². The van der Waals surface area contributed by atoms with E-state index in [9.17, 15) is 0 Å². The Morgan fingerprint density at radius 2 is 2.12 bits per heavy atom. The van der Waals surface area contributed by atoms with Crippen LogP contribution in [-0.4, -0.2) is 12.6 Å². The van der Waals surface area contributed by atoms with Crippen molar-refractivity contribution >= 4 is 5.69 Å². The summed E-state index contributed by atoms with van der Waals surface area (Å²) in [5, 5.41) is 3.66. The largest absolute Gasteiger partial charge is 0.492 e. The Balaban J connectivity index is 2.12. The molecular formula is C15H23NO. The molecule has 0 radical (unpaired) electrons. The number of hydrogen-bond donors (Lipinski definition) is 1. The van der Waals surface area contributed by atoms with Gasteiger partial charge in [-0.2, -0.15) is 0 Å². The van der Waals surface area contributed by atoms with Gasteiger partial charge < -0.3 is 10.1 Å². The first-order valence-corrected chi connectivity index (χ1v) is 6.62. The van der Waals surface area contributed by atoms with Gasteiger partial charge in [0.1, 0.15) is 5.75 Å². The number of hydrogen-bond acceptors (Lipinski definition) is 2. The van der Waals surface area contributed by atoms with Crippen LogP contribution in [0.1, 0.15) is 40.0 Å². The Bertz CT molecular complexity index is 373. The molecule has 2 nitrogen and oxygen atoms in total. The van der Waals surface area contributed by atoms with E-state index in [1.165, 1.54) is 19.3 Å². The maximum Gasteiger partial charge on any atom is 0.142 e. The van der Waals surface area contributed by atoms with Crippen molar-refractivity contribution in [1.29, 1.82) is 0 Å². The normalized spacial score (nSPS) is 22.4. The van der Waals surface area contributed by atoms with E-state index in [0.29, 0.717) is 18.1 Å². The Morgan fingerprint density at radius 3 is 2.76 bits per heavy atom. The van der Waals surface area contributed by atoms with Crippen molar-refractivity contribution in [3.05, 3.63) is 24.3 Å². The summed E-state index contributed by atoms with van der Waals surface area (Å²) >= 11 is 0. The van der Waals surface area contributed by atoms with Crippen LogP contribution in [0.2, 0.25) is 0 Å². The molecule has 0 heterocycles. The molecule has 1 fully saturated rings. The molecule has 17 heavy (non-hydrogen) atoms. The summed E-state index contributed by atoms with van der Waals surface area (Å²) in [4.78, 5) is 0. The summed E-state index contributed by atoms with van der Waals surface area (Å²) in [6.45, 7) is 7.44. The van der Waals surface area contributed by atoms with Crippen molar-refractivity contribution in [3.63, 3.8) is 0 Å². The van der Waals surface area contributed by atoms with Crippen LogP contribution in [0.3, 0.4) is 0 Å². The monoisotopic (exact) mass is 233 g/mol. The fraction of sp³-hybridized carbons (Fsp3) is 0.600. The Kier molecular flexibility index (Phi) is 3.60. The molecule has 1 saturated carbocycles. The maximum atomic E-state index is 5.65. The Morgan fingerprint density at radius 1 is 1.35 bits per heavy atom. The van der Waals surface area contributed by atoms with E-state index in [-0.39, 0.29) is 0 Å². The fourth-order valence-electron chi connectivity index (χ4n) is 2.65. The quantitative estimate of drug-likeness (QED) is 0.846. The predicted molar refractivity (Wildman–Crippen MR) is 72.7 cm³/mol. The van der Waals surface area contributed by atoms with E-state index >= 15 is 0 Å². The first-order valence-electron chi connectivity index (χ1n) is 6.62. The average molecular weight is 233 g/mol. The third-order valence-corrected chi connectivity index (χ3v) is 3.77. The zero-order valence-electron chi connectivity index (χ0n) is 11.1. The number of nitrogens with one attached hydrogen (secondary N) is 1. The molecule has 0 bridgehead atoms. The van der Waals surface area contributed by atoms with Crippen molar-refractivity contribution in [2.45, 2.75) is 46.1 Å². The number of ether oxygens (including phenoxy) is 1. The summed E-state index contributed by atoms with van der Waals surface area (Å²) < 4.78 is 5.65. The third-order valence-electron chi connectivity index (χ3n) is 3.77. The zero-order valence-corrected chi connectivity index (χ0v) is 11.1. The molecule has 1 atom stereocenters. The molecule has 2 heteroatoms.